The Bertz CT molecular complexity index is 1590. The van der Waals surface area contributed by atoms with Crippen molar-refractivity contribution in [2.75, 3.05) is 0 Å². The highest BCUT2D eigenvalue weighted by atomic mass is 19.1. The van der Waals surface area contributed by atoms with Crippen LogP contribution in [-0.4, -0.2) is 39.9 Å². The molecule has 35 heavy (non-hydrogen) atoms. The van der Waals surface area contributed by atoms with Crippen molar-refractivity contribution in [2.24, 2.45) is 0 Å². The second-order valence-electron chi connectivity index (χ2n) is 7.71. The van der Waals surface area contributed by atoms with Gasteiger partial charge in [-0.25, -0.2) is 9.07 Å². The third kappa shape index (κ3) is 3.97. The van der Waals surface area contributed by atoms with Gasteiger partial charge in [0.05, 0.1) is 6.54 Å². The molecule has 0 aliphatic heterocycles. The average Bonchev–Trinajstić information content (AvgIpc) is 3.66. The molecule has 170 valence electrons. The zero-order valence-electron chi connectivity index (χ0n) is 18.2. The van der Waals surface area contributed by atoms with E-state index in [1.165, 1.54) is 10.7 Å². The molecule has 10 heteroatoms. The van der Waals surface area contributed by atoms with Crippen molar-refractivity contribution in [3.8, 4) is 39.9 Å². The summed E-state index contributed by atoms with van der Waals surface area (Å²) in [4.78, 5) is 8.65. The van der Waals surface area contributed by atoms with Crippen molar-refractivity contribution in [3.05, 3.63) is 103 Å². The number of aromatic nitrogens is 8. The highest BCUT2D eigenvalue weighted by Crippen LogP contribution is 2.32. The van der Waals surface area contributed by atoms with Crippen molar-refractivity contribution >= 4 is 0 Å². The zero-order valence-corrected chi connectivity index (χ0v) is 18.2. The molecule has 0 aliphatic rings. The van der Waals surface area contributed by atoms with E-state index in [4.69, 9.17) is 4.52 Å². The van der Waals surface area contributed by atoms with Crippen molar-refractivity contribution in [1.29, 1.82) is 0 Å². The molecule has 0 fully saturated rings. The van der Waals surface area contributed by atoms with Gasteiger partial charge in [0, 0.05) is 35.9 Å². The lowest BCUT2D eigenvalue weighted by atomic mass is 10.1. The third-order valence-corrected chi connectivity index (χ3v) is 5.42. The lowest BCUT2D eigenvalue weighted by Gasteiger charge is -2.08. The van der Waals surface area contributed by atoms with Crippen molar-refractivity contribution in [3.63, 3.8) is 0 Å². The molecule has 0 radical (unpaired) electrons. The molecule has 4 aromatic heterocycles. The van der Waals surface area contributed by atoms with Gasteiger partial charge in [-0.3, -0.25) is 9.67 Å². The van der Waals surface area contributed by atoms with Gasteiger partial charge < -0.3 is 4.52 Å². The third-order valence-electron chi connectivity index (χ3n) is 5.42. The monoisotopic (exact) mass is 464 g/mol. The van der Waals surface area contributed by atoms with Crippen LogP contribution in [0.5, 0.6) is 0 Å². The number of para-hydroxylation sites is 1. The van der Waals surface area contributed by atoms with Crippen LogP contribution in [0.3, 0.4) is 0 Å². The number of pyridine rings is 1. The fourth-order valence-electron chi connectivity index (χ4n) is 3.81. The molecule has 0 spiro atoms. The van der Waals surface area contributed by atoms with E-state index < -0.39 is 5.82 Å². The van der Waals surface area contributed by atoms with E-state index in [9.17, 15) is 4.39 Å². The van der Waals surface area contributed by atoms with Gasteiger partial charge in [0.15, 0.2) is 5.69 Å². The van der Waals surface area contributed by atoms with Crippen LogP contribution in [0.25, 0.3) is 39.9 Å². The van der Waals surface area contributed by atoms with Crippen LogP contribution < -0.4 is 0 Å². The summed E-state index contributed by atoms with van der Waals surface area (Å²) in [6, 6.07) is 19.6. The fourth-order valence-corrected chi connectivity index (χ4v) is 3.81. The number of benzene rings is 2. The summed E-state index contributed by atoms with van der Waals surface area (Å²) in [5, 5.41) is 16.9. The molecule has 4 heterocycles. The number of rotatable bonds is 6. The Morgan fingerprint density at radius 3 is 2.60 bits per heavy atom. The predicted octanol–water partition coefficient (Wildman–Crippen LogP) is 4.43. The lowest BCUT2D eigenvalue weighted by Crippen LogP contribution is -2.02. The lowest BCUT2D eigenvalue weighted by molar-refractivity contribution is 0.431. The van der Waals surface area contributed by atoms with Crippen LogP contribution in [0.15, 0.2) is 96.0 Å². The first kappa shape index (κ1) is 20.6. The molecule has 9 nitrogen and oxygen atoms in total. The summed E-state index contributed by atoms with van der Waals surface area (Å²) in [5.41, 5.74) is 3.66. The number of nitrogens with zero attached hydrogens (tertiary/aromatic N) is 8. The molecular weight excluding hydrogens is 447 g/mol. The Hall–Kier alpha value is -4.99. The minimum atomic E-state index is -0.431. The quantitative estimate of drug-likeness (QED) is 0.359. The number of halogens is 1. The molecule has 0 amide bonds. The Morgan fingerprint density at radius 2 is 1.77 bits per heavy atom. The minimum absolute atomic E-state index is 0.173. The van der Waals surface area contributed by atoms with Crippen LogP contribution in [0, 0.1) is 5.82 Å². The van der Waals surface area contributed by atoms with E-state index in [0.29, 0.717) is 23.8 Å². The maximum atomic E-state index is 14.6. The normalized spacial score (nSPS) is 11.1. The van der Waals surface area contributed by atoms with Crippen molar-refractivity contribution < 1.29 is 8.91 Å². The first-order chi connectivity index (χ1) is 17.3. The first-order valence-corrected chi connectivity index (χ1v) is 10.8. The van der Waals surface area contributed by atoms with Crippen molar-refractivity contribution in [2.45, 2.75) is 6.54 Å². The zero-order chi connectivity index (χ0) is 23.6. The van der Waals surface area contributed by atoms with E-state index in [-0.39, 0.29) is 11.6 Å². The molecule has 0 saturated heterocycles. The first-order valence-electron chi connectivity index (χ1n) is 10.8. The smallest absolute Gasteiger partial charge is 0.281 e. The van der Waals surface area contributed by atoms with E-state index in [0.717, 1.165) is 16.7 Å². The van der Waals surface area contributed by atoms with Gasteiger partial charge in [-0.05, 0) is 42.0 Å². The van der Waals surface area contributed by atoms with Crippen LogP contribution in [0.2, 0.25) is 0 Å². The number of hydrogen-bond acceptors (Lipinski definition) is 7. The van der Waals surface area contributed by atoms with Gasteiger partial charge in [0.2, 0.25) is 5.82 Å². The van der Waals surface area contributed by atoms with Gasteiger partial charge in [-0.1, -0.05) is 40.7 Å². The van der Waals surface area contributed by atoms with Gasteiger partial charge in [-0.15, -0.1) is 5.10 Å². The number of hydrogen-bond donors (Lipinski definition) is 0. The van der Waals surface area contributed by atoms with Crippen LogP contribution in [-0.2, 0) is 6.54 Å². The summed E-state index contributed by atoms with van der Waals surface area (Å²) >= 11 is 0. The van der Waals surface area contributed by atoms with Crippen LogP contribution in [0.4, 0.5) is 4.39 Å². The van der Waals surface area contributed by atoms with Gasteiger partial charge >= 0.3 is 0 Å². The van der Waals surface area contributed by atoms with Crippen molar-refractivity contribution in [1.82, 2.24) is 39.9 Å². The predicted molar refractivity (Wildman–Crippen MR) is 125 cm³/mol. The molecule has 0 aliphatic carbocycles. The molecule has 6 aromatic rings. The maximum absolute atomic E-state index is 14.6. The van der Waals surface area contributed by atoms with E-state index in [1.807, 2.05) is 41.2 Å². The van der Waals surface area contributed by atoms with Gasteiger partial charge in [0.25, 0.3) is 5.89 Å². The van der Waals surface area contributed by atoms with E-state index >= 15 is 0 Å². The maximum Gasteiger partial charge on any atom is 0.281 e. The standard InChI is InChI=1S/C25H17FN8O/c26-20-7-1-2-8-21(20)34-23(18-9-12-27-13-10-18)22(30-32-34)25-29-24(31-35-25)19-6-3-5-17(15-19)16-33-14-4-11-28-33/h1-15H,16H2. The summed E-state index contributed by atoms with van der Waals surface area (Å²) in [5.74, 6) is 0.148. The Labute approximate surface area is 198 Å². The Balaban J connectivity index is 1.41. The summed E-state index contributed by atoms with van der Waals surface area (Å²) in [6.45, 7) is 0.620. The largest absolute Gasteiger partial charge is 0.332 e. The molecule has 0 atom stereocenters. The SMILES string of the molecule is Fc1ccccc1-n1nnc(-c2nc(-c3cccc(Cn4cccn4)c3)no2)c1-c1ccncc1. The average molecular weight is 464 g/mol. The summed E-state index contributed by atoms with van der Waals surface area (Å²) < 4.78 is 23.5. The summed E-state index contributed by atoms with van der Waals surface area (Å²) in [6.07, 6.45) is 6.92. The fraction of sp³-hybridized carbons (Fsp3) is 0.0400. The second-order valence-corrected chi connectivity index (χ2v) is 7.71. The molecule has 2 aromatic carbocycles. The molecule has 0 unspecified atom stereocenters. The molecule has 0 N–H and O–H groups in total. The van der Waals surface area contributed by atoms with E-state index in [1.54, 1.807) is 48.9 Å². The highest BCUT2D eigenvalue weighted by Gasteiger charge is 2.24. The summed E-state index contributed by atoms with van der Waals surface area (Å²) in [7, 11) is 0. The highest BCUT2D eigenvalue weighted by molar-refractivity contribution is 5.76. The van der Waals surface area contributed by atoms with Crippen LogP contribution >= 0.6 is 0 Å². The molecule has 0 saturated carbocycles. The Kier molecular flexibility index (Phi) is 5.15. The van der Waals surface area contributed by atoms with Crippen LogP contribution in [0.1, 0.15) is 5.56 Å². The second kappa shape index (κ2) is 8.75. The van der Waals surface area contributed by atoms with Gasteiger partial charge in [-0.2, -0.15) is 10.1 Å². The molecule has 6 rings (SSSR count). The topological polar surface area (TPSA) is 100 Å². The van der Waals surface area contributed by atoms with E-state index in [2.05, 4.69) is 30.5 Å². The minimum Gasteiger partial charge on any atom is -0.332 e. The molecular formula is C25H17FN8O. The Morgan fingerprint density at radius 1 is 0.886 bits per heavy atom. The molecule has 0 bridgehead atoms. The van der Waals surface area contributed by atoms with Gasteiger partial charge in [0.1, 0.15) is 17.2 Å².